The van der Waals surface area contributed by atoms with Crippen molar-refractivity contribution in [1.82, 2.24) is 0 Å². The van der Waals surface area contributed by atoms with Crippen molar-refractivity contribution in [3.63, 3.8) is 0 Å². The van der Waals surface area contributed by atoms with Gasteiger partial charge in [0.2, 0.25) is 0 Å². The lowest BCUT2D eigenvalue weighted by molar-refractivity contribution is -0.117. The van der Waals surface area contributed by atoms with Crippen LogP contribution in [0.25, 0.3) is 0 Å². The molecule has 0 rings (SSSR count). The molecular formula is C5H11O2+. The molecule has 0 atom stereocenters. The third kappa shape index (κ3) is 5.63. The van der Waals surface area contributed by atoms with Gasteiger partial charge in [0.25, 0.3) is 0 Å². The van der Waals surface area contributed by atoms with E-state index in [0.717, 1.165) is 0 Å². The van der Waals surface area contributed by atoms with E-state index >= 15 is 0 Å². The van der Waals surface area contributed by atoms with E-state index in [-0.39, 0.29) is 13.8 Å². The van der Waals surface area contributed by atoms with Gasteiger partial charge in [-0.15, -0.1) is 0 Å². The first kappa shape index (κ1) is 6.63. The lowest BCUT2D eigenvalue weighted by Gasteiger charge is -1.86. The van der Waals surface area contributed by atoms with Crippen LogP contribution < -0.4 is 0 Å². The van der Waals surface area contributed by atoms with Gasteiger partial charge in [-0.1, -0.05) is 0 Å². The number of aliphatic hydroxyl groups is 1. The van der Waals surface area contributed by atoms with Gasteiger partial charge in [-0.3, -0.25) is 0 Å². The first-order valence-electron chi connectivity index (χ1n) is 2.37. The van der Waals surface area contributed by atoms with Crippen LogP contribution in [-0.2, 0) is 4.79 Å². The van der Waals surface area contributed by atoms with Crippen LogP contribution in [0.2, 0.25) is 0 Å². The molecule has 42 valence electrons. The lowest BCUT2D eigenvalue weighted by Crippen LogP contribution is -1.91. The zero-order chi connectivity index (χ0) is 5.70. The van der Waals surface area contributed by atoms with Crippen molar-refractivity contribution >= 4 is 5.78 Å². The van der Waals surface area contributed by atoms with Crippen molar-refractivity contribution < 1.29 is 11.3 Å². The number of hydrogen-bond acceptors (Lipinski definition) is 2. The second kappa shape index (κ2) is 3.81. The first-order valence-corrected chi connectivity index (χ1v) is 2.37. The van der Waals surface area contributed by atoms with Crippen LogP contribution in [0.4, 0.5) is 0 Å². The highest BCUT2D eigenvalue weighted by Gasteiger charge is 1.88. The second-order valence-corrected chi connectivity index (χ2v) is 1.53. The molecule has 0 saturated heterocycles. The molecule has 0 saturated carbocycles. The summed E-state index contributed by atoms with van der Waals surface area (Å²) >= 11 is 0. The summed E-state index contributed by atoms with van der Waals surface area (Å²) in [5.41, 5.74) is 0. The van der Waals surface area contributed by atoms with Gasteiger partial charge in [0, 0.05) is 13.0 Å². The van der Waals surface area contributed by atoms with Crippen molar-refractivity contribution in [1.29, 1.82) is 0 Å². The minimum absolute atomic E-state index is 0. The number of carbonyl (C=O) groups is 1. The molecule has 0 fully saturated rings. The molecule has 0 aromatic carbocycles. The maximum absolute atomic E-state index is 10.1. The molecule has 0 aliphatic rings. The summed E-state index contributed by atoms with van der Waals surface area (Å²) < 4.78 is 0. The largest absolute Gasteiger partial charge is 1.00 e. The minimum Gasteiger partial charge on any atom is -0.396 e. The maximum atomic E-state index is 10.1. The fourth-order valence-electron chi connectivity index (χ4n) is 0.328. The number of rotatable bonds is 3. The average Bonchev–Trinajstić information content (AvgIpc) is 1.61. The molecule has 2 heteroatoms. The van der Waals surface area contributed by atoms with Gasteiger partial charge < -0.3 is 9.90 Å². The van der Waals surface area contributed by atoms with E-state index in [4.69, 9.17) is 5.11 Å². The van der Waals surface area contributed by atoms with Gasteiger partial charge in [-0.25, -0.2) is 0 Å². The van der Waals surface area contributed by atoms with Gasteiger partial charge in [0.15, 0.2) is 0 Å². The Morgan fingerprint density at radius 1 is 1.86 bits per heavy atom. The van der Waals surface area contributed by atoms with E-state index in [1.807, 2.05) is 0 Å². The molecule has 0 aromatic rings. The number of Topliss-reactive ketones (excluding diaryl/α,β-unsaturated/α-hetero) is 1. The molecule has 0 unspecified atom stereocenters. The van der Waals surface area contributed by atoms with Crippen molar-refractivity contribution in [3.05, 3.63) is 0 Å². The summed E-state index contributed by atoms with van der Waals surface area (Å²) in [6.07, 6.45) is 1.12. The van der Waals surface area contributed by atoms with Gasteiger partial charge in [-0.2, -0.15) is 0 Å². The fourth-order valence-corrected chi connectivity index (χ4v) is 0.328. The monoisotopic (exact) mass is 103 g/mol. The Kier molecular flexibility index (Phi) is 3.61. The smallest absolute Gasteiger partial charge is 0.396 e. The van der Waals surface area contributed by atoms with Crippen molar-refractivity contribution in [2.24, 2.45) is 0 Å². The summed E-state index contributed by atoms with van der Waals surface area (Å²) in [6, 6.07) is 0. The number of ketones is 1. The number of aliphatic hydroxyl groups excluding tert-OH is 1. The molecular weight excluding hydrogens is 92.1 g/mol. The van der Waals surface area contributed by atoms with Crippen LogP contribution in [0.15, 0.2) is 0 Å². The van der Waals surface area contributed by atoms with Crippen molar-refractivity contribution in [2.75, 3.05) is 6.61 Å². The van der Waals surface area contributed by atoms with Crippen LogP contribution in [0, 0.1) is 0 Å². The molecule has 0 bridgehead atoms. The molecule has 2 nitrogen and oxygen atoms in total. The van der Waals surface area contributed by atoms with Gasteiger partial charge in [0.1, 0.15) is 5.78 Å². The Balaban J connectivity index is 0. The topological polar surface area (TPSA) is 37.3 Å². The summed E-state index contributed by atoms with van der Waals surface area (Å²) in [4.78, 5) is 10.1. The Hall–Kier alpha value is -0.370. The SMILES string of the molecule is CC(=O)CCCO.[H+]. The number of carbonyl (C=O) groups excluding carboxylic acids is 1. The second-order valence-electron chi connectivity index (χ2n) is 1.53. The Labute approximate surface area is 44.6 Å². The molecule has 0 radical (unpaired) electrons. The van der Waals surface area contributed by atoms with Crippen LogP contribution in [-0.4, -0.2) is 17.5 Å². The quantitative estimate of drug-likeness (QED) is 0.563. The standard InChI is InChI=1S/C5H10O2/c1-5(7)3-2-4-6/h6H,2-4H2,1H3/p+1. The van der Waals surface area contributed by atoms with E-state index < -0.39 is 0 Å². The Morgan fingerprint density at radius 2 is 2.43 bits per heavy atom. The molecule has 0 heterocycles. The predicted molar refractivity (Wildman–Crippen MR) is 28.1 cm³/mol. The lowest BCUT2D eigenvalue weighted by atomic mass is 10.2. The highest BCUT2D eigenvalue weighted by molar-refractivity contribution is 5.75. The van der Waals surface area contributed by atoms with Crippen LogP contribution >= 0.6 is 0 Å². The third-order valence-electron chi connectivity index (χ3n) is 0.687. The van der Waals surface area contributed by atoms with Crippen LogP contribution in [0.3, 0.4) is 0 Å². The van der Waals surface area contributed by atoms with Crippen molar-refractivity contribution in [3.8, 4) is 0 Å². The molecule has 1 N–H and O–H groups in total. The van der Waals surface area contributed by atoms with Gasteiger partial charge in [-0.05, 0) is 13.3 Å². The molecule has 0 aliphatic heterocycles. The molecule has 0 aliphatic carbocycles. The van der Waals surface area contributed by atoms with E-state index in [1.165, 1.54) is 6.92 Å². The highest BCUT2D eigenvalue weighted by atomic mass is 16.3. The van der Waals surface area contributed by atoms with Gasteiger partial charge in [0.05, 0.1) is 0 Å². The average molecular weight is 103 g/mol. The van der Waals surface area contributed by atoms with Crippen LogP contribution in [0.5, 0.6) is 0 Å². The van der Waals surface area contributed by atoms with E-state index in [2.05, 4.69) is 0 Å². The summed E-state index contributed by atoms with van der Waals surface area (Å²) in [5, 5.41) is 8.16. The Bertz CT molecular complexity index is 63.4. The summed E-state index contributed by atoms with van der Waals surface area (Å²) in [6.45, 7) is 1.65. The van der Waals surface area contributed by atoms with E-state index in [1.54, 1.807) is 0 Å². The molecule has 7 heavy (non-hydrogen) atoms. The third-order valence-corrected chi connectivity index (χ3v) is 0.687. The highest BCUT2D eigenvalue weighted by Crippen LogP contribution is 1.85. The maximum Gasteiger partial charge on any atom is 1.00 e. The normalized spacial score (nSPS) is 8.86. The fraction of sp³-hybridized carbons (Fsp3) is 0.800. The Morgan fingerprint density at radius 3 is 2.57 bits per heavy atom. The molecule has 0 spiro atoms. The first-order chi connectivity index (χ1) is 3.27. The predicted octanol–water partition coefficient (Wildman–Crippen LogP) is 0.460. The molecule has 0 amide bonds. The summed E-state index contributed by atoms with van der Waals surface area (Å²) in [7, 11) is 0. The molecule has 0 aromatic heterocycles. The van der Waals surface area contributed by atoms with Gasteiger partial charge >= 0.3 is 1.43 Å². The van der Waals surface area contributed by atoms with E-state index in [0.29, 0.717) is 12.8 Å². The summed E-state index contributed by atoms with van der Waals surface area (Å²) in [5.74, 6) is 0.147. The minimum atomic E-state index is 0. The zero-order valence-electron chi connectivity index (χ0n) is 5.48. The zero-order valence-corrected chi connectivity index (χ0v) is 4.48. The van der Waals surface area contributed by atoms with E-state index in [9.17, 15) is 4.79 Å². The van der Waals surface area contributed by atoms with Crippen molar-refractivity contribution in [2.45, 2.75) is 19.8 Å². The van der Waals surface area contributed by atoms with Crippen LogP contribution in [0.1, 0.15) is 21.2 Å². The number of hydrogen-bond donors (Lipinski definition) is 1.